The molecule has 2 rings (SSSR count). The number of carbonyl (C=O) groups is 3. The van der Waals surface area contributed by atoms with Gasteiger partial charge in [0.2, 0.25) is 0 Å². The van der Waals surface area contributed by atoms with E-state index < -0.39 is 17.8 Å². The third-order valence-corrected chi connectivity index (χ3v) is 4.70. The summed E-state index contributed by atoms with van der Waals surface area (Å²) in [5.74, 6) is -1.76. The average Bonchev–Trinajstić information content (AvgIpc) is 2.84. The van der Waals surface area contributed by atoms with Crippen LogP contribution < -0.4 is 11.1 Å². The van der Waals surface area contributed by atoms with Gasteiger partial charge in [0.05, 0.1) is 22.6 Å². The van der Waals surface area contributed by atoms with Gasteiger partial charge in [-0.25, -0.2) is 4.79 Å². The smallest absolute Gasteiger partial charge is 0.341 e. The van der Waals surface area contributed by atoms with Crippen molar-refractivity contribution in [2.75, 3.05) is 11.9 Å². The van der Waals surface area contributed by atoms with E-state index in [0.29, 0.717) is 15.6 Å². The Kier molecular flexibility index (Phi) is 5.68. The highest BCUT2D eigenvalue weighted by Gasteiger charge is 2.26. The standard InChI is InChI=1S/C15H14BrN3O4S/c1-3-23-15(22)10-7(2)11(12(17)20)24-14(10)19-13(21)8-4-9(16)6-18-5-8/h4-6H,3H2,1-2H3,(H2,17,20)(H,19,21). The first-order chi connectivity index (χ1) is 11.3. The Labute approximate surface area is 150 Å². The average molecular weight is 412 g/mol. The molecule has 3 N–H and O–H groups in total. The first kappa shape index (κ1) is 18.1. The Morgan fingerprint density at radius 3 is 2.67 bits per heavy atom. The molecule has 2 aromatic heterocycles. The molecule has 0 spiro atoms. The predicted molar refractivity (Wildman–Crippen MR) is 93.4 cm³/mol. The number of hydrogen-bond donors (Lipinski definition) is 2. The van der Waals surface area contributed by atoms with Gasteiger partial charge >= 0.3 is 5.97 Å². The molecule has 2 amide bonds. The number of nitrogens with two attached hydrogens (primary N) is 1. The second kappa shape index (κ2) is 7.54. The number of aromatic nitrogens is 1. The lowest BCUT2D eigenvalue weighted by molar-refractivity contribution is 0.0527. The number of nitrogens with one attached hydrogen (secondary N) is 1. The predicted octanol–water partition coefficient (Wildman–Crippen LogP) is 2.74. The molecular formula is C15H14BrN3O4S. The van der Waals surface area contributed by atoms with E-state index in [1.165, 1.54) is 6.20 Å². The maximum absolute atomic E-state index is 12.4. The van der Waals surface area contributed by atoms with Crippen LogP contribution in [0.1, 0.15) is 42.9 Å². The van der Waals surface area contributed by atoms with Crippen LogP contribution in [0, 0.1) is 6.92 Å². The number of halogens is 1. The third kappa shape index (κ3) is 3.80. The van der Waals surface area contributed by atoms with Crippen molar-refractivity contribution >= 4 is 50.1 Å². The van der Waals surface area contributed by atoms with Crippen molar-refractivity contribution in [3.63, 3.8) is 0 Å². The highest BCUT2D eigenvalue weighted by Crippen LogP contribution is 2.33. The quantitative estimate of drug-likeness (QED) is 0.734. The molecule has 0 aromatic carbocycles. The zero-order valence-corrected chi connectivity index (χ0v) is 15.3. The number of nitrogens with zero attached hydrogens (tertiary/aromatic N) is 1. The molecule has 7 nitrogen and oxygen atoms in total. The molecule has 0 saturated heterocycles. The van der Waals surface area contributed by atoms with E-state index in [9.17, 15) is 14.4 Å². The van der Waals surface area contributed by atoms with Gasteiger partial charge < -0.3 is 15.8 Å². The topological polar surface area (TPSA) is 111 Å². The van der Waals surface area contributed by atoms with Gasteiger partial charge in [-0.2, -0.15) is 0 Å². The number of amides is 2. The van der Waals surface area contributed by atoms with Crippen molar-refractivity contribution in [3.05, 3.63) is 44.5 Å². The van der Waals surface area contributed by atoms with Crippen LogP contribution >= 0.6 is 27.3 Å². The summed E-state index contributed by atoms with van der Waals surface area (Å²) in [6, 6.07) is 1.59. The number of primary amides is 1. The molecule has 0 fully saturated rings. The van der Waals surface area contributed by atoms with Crippen LogP contribution in [0.2, 0.25) is 0 Å². The lowest BCUT2D eigenvalue weighted by atomic mass is 10.1. The van der Waals surface area contributed by atoms with Crippen molar-refractivity contribution in [2.45, 2.75) is 13.8 Å². The number of rotatable bonds is 5. The van der Waals surface area contributed by atoms with Gasteiger partial charge in [0.1, 0.15) is 5.00 Å². The van der Waals surface area contributed by atoms with Gasteiger partial charge in [0.15, 0.2) is 0 Å². The largest absolute Gasteiger partial charge is 0.462 e. The molecule has 24 heavy (non-hydrogen) atoms. The number of pyridine rings is 1. The number of ether oxygens (including phenoxy) is 1. The Morgan fingerprint density at radius 2 is 2.08 bits per heavy atom. The fourth-order valence-electron chi connectivity index (χ4n) is 2.00. The van der Waals surface area contributed by atoms with E-state index in [1.54, 1.807) is 26.1 Å². The fraction of sp³-hybridized carbons (Fsp3) is 0.200. The summed E-state index contributed by atoms with van der Waals surface area (Å²) in [7, 11) is 0. The SMILES string of the molecule is CCOC(=O)c1c(NC(=O)c2cncc(Br)c2)sc(C(N)=O)c1C. The molecule has 2 aromatic rings. The second-order valence-electron chi connectivity index (χ2n) is 4.69. The zero-order chi connectivity index (χ0) is 17.9. The van der Waals surface area contributed by atoms with Crippen molar-refractivity contribution in [3.8, 4) is 0 Å². The maximum atomic E-state index is 12.4. The van der Waals surface area contributed by atoms with Crippen LogP contribution in [0.3, 0.4) is 0 Å². The first-order valence-corrected chi connectivity index (χ1v) is 8.48. The molecular weight excluding hydrogens is 398 g/mol. The molecule has 126 valence electrons. The zero-order valence-electron chi connectivity index (χ0n) is 12.9. The van der Waals surface area contributed by atoms with Gasteiger partial charge in [0, 0.05) is 16.9 Å². The summed E-state index contributed by atoms with van der Waals surface area (Å²) >= 11 is 4.17. The van der Waals surface area contributed by atoms with Crippen LogP contribution in [0.4, 0.5) is 5.00 Å². The van der Waals surface area contributed by atoms with Gasteiger partial charge in [-0.05, 0) is 41.4 Å². The molecule has 0 saturated carbocycles. The molecule has 0 atom stereocenters. The minimum Gasteiger partial charge on any atom is -0.462 e. The normalized spacial score (nSPS) is 10.3. The van der Waals surface area contributed by atoms with Crippen molar-refractivity contribution < 1.29 is 19.1 Å². The molecule has 0 aliphatic rings. The second-order valence-corrected chi connectivity index (χ2v) is 6.63. The van der Waals surface area contributed by atoms with Gasteiger partial charge in [-0.1, -0.05) is 0 Å². The molecule has 0 radical (unpaired) electrons. The third-order valence-electron chi connectivity index (χ3n) is 3.04. The molecule has 0 aliphatic carbocycles. The molecule has 2 heterocycles. The van der Waals surface area contributed by atoms with Gasteiger partial charge in [-0.15, -0.1) is 11.3 Å². The number of hydrogen-bond acceptors (Lipinski definition) is 6. The van der Waals surface area contributed by atoms with Crippen LogP contribution in [-0.4, -0.2) is 29.4 Å². The van der Waals surface area contributed by atoms with Gasteiger partial charge in [0.25, 0.3) is 11.8 Å². The number of esters is 1. The minimum absolute atomic E-state index is 0.131. The van der Waals surface area contributed by atoms with E-state index in [0.717, 1.165) is 11.3 Å². The molecule has 0 aliphatic heterocycles. The van der Waals surface area contributed by atoms with Crippen LogP contribution in [0.15, 0.2) is 22.9 Å². The van der Waals surface area contributed by atoms with Gasteiger partial charge in [-0.3, -0.25) is 14.6 Å². The summed E-state index contributed by atoms with van der Waals surface area (Å²) < 4.78 is 5.63. The molecule has 9 heteroatoms. The van der Waals surface area contributed by atoms with Crippen LogP contribution in [0.25, 0.3) is 0 Å². The summed E-state index contributed by atoms with van der Waals surface area (Å²) in [4.78, 5) is 40.1. The highest BCUT2D eigenvalue weighted by atomic mass is 79.9. The maximum Gasteiger partial charge on any atom is 0.341 e. The van der Waals surface area contributed by atoms with E-state index in [2.05, 4.69) is 26.2 Å². The van der Waals surface area contributed by atoms with Crippen molar-refractivity contribution in [2.24, 2.45) is 5.73 Å². The highest BCUT2D eigenvalue weighted by molar-refractivity contribution is 9.10. The number of thiophene rings is 1. The van der Waals surface area contributed by atoms with Crippen molar-refractivity contribution in [1.29, 1.82) is 0 Å². The number of anilines is 1. The number of carbonyl (C=O) groups excluding carboxylic acids is 3. The summed E-state index contributed by atoms with van der Waals surface area (Å²) in [6.45, 7) is 3.42. The molecule has 0 bridgehead atoms. The summed E-state index contributed by atoms with van der Waals surface area (Å²) in [6.07, 6.45) is 2.93. The van der Waals surface area contributed by atoms with Crippen LogP contribution in [-0.2, 0) is 4.74 Å². The van der Waals surface area contributed by atoms with Crippen molar-refractivity contribution in [1.82, 2.24) is 4.98 Å². The lowest BCUT2D eigenvalue weighted by Gasteiger charge is -2.07. The first-order valence-electron chi connectivity index (χ1n) is 6.87. The van der Waals surface area contributed by atoms with E-state index in [-0.39, 0.29) is 22.0 Å². The van der Waals surface area contributed by atoms with E-state index >= 15 is 0 Å². The minimum atomic E-state index is -0.673. The van der Waals surface area contributed by atoms with Crippen LogP contribution in [0.5, 0.6) is 0 Å². The summed E-state index contributed by atoms with van der Waals surface area (Å²) in [5.41, 5.74) is 6.13. The van der Waals surface area contributed by atoms with E-state index in [4.69, 9.17) is 10.5 Å². The lowest BCUT2D eigenvalue weighted by Crippen LogP contribution is -2.15. The monoisotopic (exact) mass is 411 g/mol. The Bertz CT molecular complexity index is 819. The summed E-state index contributed by atoms with van der Waals surface area (Å²) in [5, 5.41) is 2.83. The molecule has 0 unspecified atom stereocenters. The fourth-order valence-corrected chi connectivity index (χ4v) is 3.40. The Morgan fingerprint density at radius 1 is 1.38 bits per heavy atom. The Balaban J connectivity index is 2.41. The van der Waals surface area contributed by atoms with E-state index in [1.807, 2.05) is 0 Å². The Hall–Kier alpha value is -2.26.